The lowest BCUT2D eigenvalue weighted by atomic mass is 9.32. The minimum absolute atomic E-state index is 0.169. The van der Waals surface area contributed by atoms with Gasteiger partial charge < -0.3 is 9.84 Å². The van der Waals surface area contributed by atoms with Crippen molar-refractivity contribution in [3.8, 4) is 11.5 Å². The van der Waals surface area contributed by atoms with Gasteiger partial charge in [0, 0.05) is 17.4 Å². The molecule has 0 bridgehead atoms. The summed E-state index contributed by atoms with van der Waals surface area (Å²) in [6, 6.07) is 3.76. The summed E-state index contributed by atoms with van der Waals surface area (Å²) in [5, 5.41) is 7.88. The van der Waals surface area contributed by atoms with E-state index in [-0.39, 0.29) is 17.6 Å². The fraction of sp³-hybridized carbons (Fsp3) is 0.619. The molecule has 2 nitrogen and oxygen atoms in total. The summed E-state index contributed by atoms with van der Waals surface area (Å²) < 4.78 is 6.34. The van der Waals surface area contributed by atoms with Crippen LogP contribution >= 0.6 is 0 Å². The number of phenolic OH excluding ortho intramolecular Hbond substituents is 1. The quantitative estimate of drug-likeness (QED) is 0.472. The van der Waals surface area contributed by atoms with Gasteiger partial charge in [-0.3, -0.25) is 0 Å². The van der Waals surface area contributed by atoms with Crippen LogP contribution in [0.1, 0.15) is 63.0 Å². The van der Waals surface area contributed by atoms with Crippen LogP contribution in [0.3, 0.4) is 0 Å². The van der Waals surface area contributed by atoms with E-state index in [4.69, 9.17) is 51.8 Å². The molecule has 0 saturated carbocycles. The highest BCUT2D eigenvalue weighted by atomic mass is 16.5. The zero-order valence-electron chi connectivity index (χ0n) is 17.4. The third-order valence-electron chi connectivity index (χ3n) is 6.57. The second-order valence-corrected chi connectivity index (χ2v) is 8.92. The highest BCUT2D eigenvalue weighted by molar-refractivity contribution is 6.61. The van der Waals surface area contributed by atoms with E-state index in [9.17, 15) is 5.11 Å². The second kappa shape index (κ2) is 7.89. The van der Waals surface area contributed by atoms with Crippen LogP contribution in [0.25, 0.3) is 0 Å². The van der Waals surface area contributed by atoms with Crippen molar-refractivity contribution in [2.75, 3.05) is 0 Å². The van der Waals surface area contributed by atoms with Crippen molar-refractivity contribution in [2.45, 2.75) is 74.1 Å². The molecule has 1 N–H and O–H groups in total. The van der Waals surface area contributed by atoms with Crippen LogP contribution in [0.15, 0.2) is 23.8 Å². The molecule has 3 unspecified atom stereocenters. The number of aryl methyl sites for hydroxylation is 1. The van der Waals surface area contributed by atoms with Gasteiger partial charge in [0.15, 0.2) is 0 Å². The first kappa shape index (κ1) is 22.6. The molecular weight excluding hydrogens is 349 g/mol. The molecule has 0 fully saturated rings. The summed E-state index contributed by atoms with van der Waals surface area (Å²) in [5.41, 5.74) is 1.34. The van der Waals surface area contributed by atoms with Crippen LogP contribution in [0.4, 0.5) is 0 Å². The third-order valence-corrected chi connectivity index (χ3v) is 6.57. The molecule has 1 aromatic rings. The van der Waals surface area contributed by atoms with Gasteiger partial charge in [0.2, 0.25) is 0 Å². The Kier molecular flexibility index (Phi) is 6.16. The molecule has 29 heavy (non-hydrogen) atoms. The number of hydrogen-bond donors (Lipinski definition) is 1. The van der Waals surface area contributed by atoms with Crippen molar-refractivity contribution in [3.05, 3.63) is 34.9 Å². The number of unbranched alkanes of at least 4 members (excludes halogenated alkanes) is 2. The molecule has 2 aliphatic rings. The van der Waals surface area contributed by atoms with Crippen LogP contribution in [0, 0.1) is 5.92 Å². The van der Waals surface area contributed by atoms with Crippen molar-refractivity contribution in [1.82, 2.24) is 0 Å². The Morgan fingerprint density at radius 3 is 2.41 bits per heavy atom. The zero-order chi connectivity index (χ0) is 21.6. The number of hydrogen-bond acceptors (Lipinski definition) is 2. The molecule has 1 heterocycles. The van der Waals surface area contributed by atoms with Gasteiger partial charge in [0.1, 0.15) is 11.5 Å². The number of aromatic hydroxyl groups is 1. The van der Waals surface area contributed by atoms with E-state index in [2.05, 4.69) is 6.92 Å². The SMILES string of the molecule is [B]C([B])([B])C1=CC2c3c(O)cc(CCCCC)cc3OC(C)(C([B])([B])[B])C2CC1. The molecule has 3 rings (SSSR count). The Balaban J connectivity index is 2.12. The molecule has 12 radical (unpaired) electrons. The molecular formula is C21H24B6O2. The number of ether oxygens (including phenoxy) is 1. The van der Waals surface area contributed by atoms with Gasteiger partial charge in [-0.25, -0.2) is 0 Å². The van der Waals surface area contributed by atoms with Gasteiger partial charge in [0.25, 0.3) is 0 Å². The molecule has 138 valence electrons. The lowest BCUT2D eigenvalue weighted by Gasteiger charge is -2.56. The Morgan fingerprint density at radius 2 is 1.83 bits per heavy atom. The molecule has 1 aromatic carbocycles. The van der Waals surface area contributed by atoms with E-state index < -0.39 is 15.8 Å². The van der Waals surface area contributed by atoms with Gasteiger partial charge in [0.05, 0.1) is 52.7 Å². The van der Waals surface area contributed by atoms with Gasteiger partial charge in [-0.15, -0.1) is 5.11 Å². The van der Waals surface area contributed by atoms with Crippen molar-refractivity contribution in [2.24, 2.45) is 5.92 Å². The highest BCUT2D eigenvalue weighted by Crippen LogP contribution is 2.58. The van der Waals surface area contributed by atoms with Gasteiger partial charge >= 0.3 is 0 Å². The number of allylic oxidation sites excluding steroid dienone is 2. The van der Waals surface area contributed by atoms with Crippen molar-refractivity contribution < 1.29 is 9.84 Å². The first-order chi connectivity index (χ1) is 13.4. The summed E-state index contributed by atoms with van der Waals surface area (Å²) in [7, 11) is 36.4. The average Bonchev–Trinajstić information content (AvgIpc) is 2.59. The molecule has 1 aliphatic heterocycles. The second-order valence-electron chi connectivity index (χ2n) is 8.92. The maximum Gasteiger partial charge on any atom is 0.127 e. The Labute approximate surface area is 183 Å². The minimum atomic E-state index is -1.59. The summed E-state index contributed by atoms with van der Waals surface area (Å²) in [5.74, 6) is 0.289. The van der Waals surface area contributed by atoms with Crippen molar-refractivity contribution in [1.29, 1.82) is 0 Å². The van der Waals surface area contributed by atoms with Crippen LogP contribution in [-0.4, -0.2) is 57.8 Å². The van der Waals surface area contributed by atoms with Crippen LogP contribution in [-0.2, 0) is 6.42 Å². The topological polar surface area (TPSA) is 29.5 Å². The van der Waals surface area contributed by atoms with E-state index >= 15 is 0 Å². The Morgan fingerprint density at radius 1 is 1.14 bits per heavy atom. The Hall–Kier alpha value is -1.05. The lowest BCUT2D eigenvalue weighted by molar-refractivity contribution is -0.00535. The normalized spacial score (nSPS) is 26.8. The number of benzene rings is 1. The fourth-order valence-corrected chi connectivity index (χ4v) is 4.69. The standard InChI is InChI=1S/C21H24B6O2/c1-3-4-5-6-12-9-16(28)18-14-11-13(20(22,23)24)7-8-15(14)19(2,21(25,26)27)29-17(18)10-12/h9-11,14-15,28H,3-8H2,1-2H3. The van der Waals surface area contributed by atoms with Crippen molar-refractivity contribution >= 4 is 47.1 Å². The first-order valence-corrected chi connectivity index (χ1v) is 10.4. The molecule has 8 heteroatoms. The largest absolute Gasteiger partial charge is 0.507 e. The Bertz CT molecular complexity index is 796. The summed E-state index contributed by atoms with van der Waals surface area (Å²) in [6.07, 6.45) is 7.26. The van der Waals surface area contributed by atoms with E-state index in [1.54, 1.807) is 6.07 Å². The molecule has 0 spiro atoms. The van der Waals surface area contributed by atoms with E-state index in [0.29, 0.717) is 24.2 Å². The van der Waals surface area contributed by atoms with Crippen LogP contribution < -0.4 is 4.74 Å². The predicted octanol–water partition coefficient (Wildman–Crippen LogP) is 2.85. The summed E-state index contributed by atoms with van der Waals surface area (Å²) >= 11 is 0. The maximum atomic E-state index is 10.9. The van der Waals surface area contributed by atoms with Crippen molar-refractivity contribution in [3.63, 3.8) is 0 Å². The van der Waals surface area contributed by atoms with Crippen LogP contribution in [0.2, 0.25) is 10.2 Å². The summed E-state index contributed by atoms with van der Waals surface area (Å²) in [6.45, 7) is 3.98. The fourth-order valence-electron chi connectivity index (χ4n) is 4.69. The number of phenols is 1. The average molecular weight is 373 g/mol. The highest BCUT2D eigenvalue weighted by Gasteiger charge is 2.53. The van der Waals surface area contributed by atoms with Crippen LogP contribution in [0.5, 0.6) is 11.5 Å². The zero-order valence-corrected chi connectivity index (χ0v) is 17.4. The smallest absolute Gasteiger partial charge is 0.127 e. The van der Waals surface area contributed by atoms with Gasteiger partial charge in [-0.2, -0.15) is 0 Å². The molecule has 0 saturated heterocycles. The number of fused-ring (bicyclic) bond motifs is 3. The third kappa shape index (κ3) is 4.23. The first-order valence-electron chi connectivity index (χ1n) is 10.4. The van der Waals surface area contributed by atoms with E-state index in [1.807, 2.05) is 19.1 Å². The molecule has 3 atom stereocenters. The van der Waals surface area contributed by atoms with Gasteiger partial charge in [-0.1, -0.05) is 36.5 Å². The van der Waals surface area contributed by atoms with Gasteiger partial charge in [-0.05, 0) is 50.3 Å². The molecule has 1 aliphatic carbocycles. The van der Waals surface area contributed by atoms with E-state index in [0.717, 1.165) is 36.8 Å². The monoisotopic (exact) mass is 374 g/mol. The van der Waals surface area contributed by atoms with E-state index in [1.165, 1.54) is 0 Å². The minimum Gasteiger partial charge on any atom is -0.507 e. The lowest BCUT2D eigenvalue weighted by Crippen LogP contribution is -2.57. The maximum absolute atomic E-state index is 10.9. The predicted molar refractivity (Wildman–Crippen MR) is 124 cm³/mol. The summed E-state index contributed by atoms with van der Waals surface area (Å²) in [4.78, 5) is 0. The molecule has 0 aromatic heterocycles. The number of rotatable bonds is 6. The molecule has 0 amide bonds.